The average molecular weight is 308 g/mol. The lowest BCUT2D eigenvalue weighted by Crippen LogP contribution is -2.13. The van der Waals surface area contributed by atoms with Crippen LogP contribution in [0.3, 0.4) is 0 Å². The predicted molar refractivity (Wildman–Crippen MR) is 83.7 cm³/mol. The number of nitrogen functional groups attached to an aromatic ring is 1. The van der Waals surface area contributed by atoms with Gasteiger partial charge in [0.2, 0.25) is 0 Å². The lowest BCUT2D eigenvalue weighted by Gasteiger charge is -2.09. The lowest BCUT2D eigenvalue weighted by molar-refractivity contribution is 0.598. The number of nitrogens with two attached hydrogens (primary N) is 1. The van der Waals surface area contributed by atoms with Crippen molar-refractivity contribution in [3.8, 4) is 0 Å². The smallest absolute Gasteiger partial charge is 0.280 e. The second-order valence-electron chi connectivity index (χ2n) is 4.79. The molecular formula is C14H20N4O2S. The number of benzene rings is 1. The van der Waals surface area contributed by atoms with Gasteiger partial charge in [0.05, 0.1) is 5.69 Å². The van der Waals surface area contributed by atoms with Gasteiger partial charge in [0.1, 0.15) is 5.82 Å². The van der Waals surface area contributed by atoms with E-state index in [2.05, 4.69) is 9.71 Å². The van der Waals surface area contributed by atoms with E-state index in [1.54, 1.807) is 23.6 Å². The normalized spacial score (nSPS) is 11.6. The van der Waals surface area contributed by atoms with E-state index in [0.29, 0.717) is 23.7 Å². The summed E-state index contributed by atoms with van der Waals surface area (Å²) in [6.07, 6.45) is 2.33. The Bertz CT molecular complexity index is 750. The Morgan fingerprint density at radius 1 is 1.33 bits per heavy atom. The first-order chi connectivity index (χ1) is 9.87. The number of nitrogens with zero attached hydrogens (tertiary/aromatic N) is 2. The molecule has 2 aromatic rings. The molecule has 2 rings (SSSR count). The highest BCUT2D eigenvalue weighted by Gasteiger charge is 2.19. The monoisotopic (exact) mass is 308 g/mol. The number of aromatic nitrogens is 2. The molecule has 1 heterocycles. The fraction of sp³-hybridized carbons (Fsp3) is 0.357. The highest BCUT2D eigenvalue weighted by atomic mass is 32.2. The summed E-state index contributed by atoms with van der Waals surface area (Å²) in [5.41, 5.74) is 7.89. The molecule has 0 aliphatic heterocycles. The van der Waals surface area contributed by atoms with E-state index in [1.807, 2.05) is 19.9 Å². The minimum Gasteiger partial charge on any atom is -0.398 e. The van der Waals surface area contributed by atoms with E-state index in [1.165, 1.54) is 6.20 Å². The summed E-state index contributed by atoms with van der Waals surface area (Å²) in [6, 6.07) is 5.15. The molecular weight excluding hydrogens is 288 g/mol. The molecule has 0 aliphatic rings. The van der Waals surface area contributed by atoms with Crippen LogP contribution >= 0.6 is 0 Å². The van der Waals surface area contributed by atoms with Crippen molar-refractivity contribution in [3.63, 3.8) is 0 Å². The molecule has 7 heteroatoms. The molecule has 114 valence electrons. The zero-order valence-electron chi connectivity index (χ0n) is 12.4. The molecule has 0 saturated heterocycles. The number of aryl methyl sites for hydroxylation is 3. The Balaban J connectivity index is 2.30. The molecule has 3 N–H and O–H groups in total. The van der Waals surface area contributed by atoms with Crippen LogP contribution in [0.2, 0.25) is 0 Å². The van der Waals surface area contributed by atoms with Crippen LogP contribution in [-0.2, 0) is 23.0 Å². The fourth-order valence-corrected chi connectivity index (χ4v) is 3.18. The maximum atomic E-state index is 12.3. The third kappa shape index (κ3) is 3.18. The summed E-state index contributed by atoms with van der Waals surface area (Å²) in [6.45, 7) is 6.38. The second kappa shape index (κ2) is 5.77. The second-order valence-corrected chi connectivity index (χ2v) is 6.41. The molecule has 0 atom stereocenters. The maximum Gasteiger partial charge on any atom is 0.280 e. The van der Waals surface area contributed by atoms with Gasteiger partial charge in [-0.2, -0.15) is 8.42 Å². The van der Waals surface area contributed by atoms with Gasteiger partial charge in [0.15, 0.2) is 5.03 Å². The van der Waals surface area contributed by atoms with Crippen LogP contribution in [0.4, 0.5) is 11.4 Å². The molecule has 0 amide bonds. The summed E-state index contributed by atoms with van der Waals surface area (Å²) in [5, 5.41) is 0.0139. The fourth-order valence-electron chi connectivity index (χ4n) is 2.12. The SMILES string of the molecule is CCc1ccc(NS(=O)(=O)c2cn(CC)c(C)n2)cc1N. The minimum atomic E-state index is -3.70. The van der Waals surface area contributed by atoms with Gasteiger partial charge in [0, 0.05) is 18.4 Å². The Kier molecular flexibility index (Phi) is 4.22. The van der Waals surface area contributed by atoms with Crippen molar-refractivity contribution in [2.24, 2.45) is 0 Å². The van der Waals surface area contributed by atoms with Crippen molar-refractivity contribution in [2.75, 3.05) is 10.5 Å². The molecule has 0 spiro atoms. The van der Waals surface area contributed by atoms with Crippen molar-refractivity contribution in [1.82, 2.24) is 9.55 Å². The Hall–Kier alpha value is -2.02. The first-order valence-electron chi connectivity index (χ1n) is 6.82. The van der Waals surface area contributed by atoms with E-state index < -0.39 is 10.0 Å². The summed E-state index contributed by atoms with van der Waals surface area (Å²) in [4.78, 5) is 4.09. The van der Waals surface area contributed by atoms with Gasteiger partial charge in [-0.15, -0.1) is 0 Å². The number of sulfonamides is 1. The summed E-state index contributed by atoms with van der Waals surface area (Å²) in [5.74, 6) is 0.665. The summed E-state index contributed by atoms with van der Waals surface area (Å²) >= 11 is 0. The number of hydrogen-bond donors (Lipinski definition) is 2. The van der Waals surface area contributed by atoms with Crippen LogP contribution in [0.15, 0.2) is 29.4 Å². The number of rotatable bonds is 5. The first kappa shape index (κ1) is 15.4. The maximum absolute atomic E-state index is 12.3. The largest absolute Gasteiger partial charge is 0.398 e. The molecule has 0 unspecified atom stereocenters. The molecule has 0 radical (unpaired) electrons. The van der Waals surface area contributed by atoms with Gasteiger partial charge in [-0.25, -0.2) is 4.98 Å². The number of nitrogens with one attached hydrogen (secondary N) is 1. The molecule has 0 fully saturated rings. The van der Waals surface area contributed by atoms with E-state index in [0.717, 1.165) is 12.0 Å². The van der Waals surface area contributed by atoms with Gasteiger partial charge in [-0.05, 0) is 38.0 Å². The van der Waals surface area contributed by atoms with Crippen molar-refractivity contribution < 1.29 is 8.42 Å². The van der Waals surface area contributed by atoms with E-state index in [9.17, 15) is 8.42 Å². The molecule has 6 nitrogen and oxygen atoms in total. The van der Waals surface area contributed by atoms with Crippen LogP contribution in [0, 0.1) is 6.92 Å². The van der Waals surface area contributed by atoms with Gasteiger partial charge >= 0.3 is 0 Å². The van der Waals surface area contributed by atoms with Crippen LogP contribution in [0.25, 0.3) is 0 Å². The van der Waals surface area contributed by atoms with E-state index >= 15 is 0 Å². The third-order valence-corrected chi connectivity index (χ3v) is 4.60. The highest BCUT2D eigenvalue weighted by molar-refractivity contribution is 7.92. The van der Waals surface area contributed by atoms with Crippen LogP contribution in [0.5, 0.6) is 0 Å². The first-order valence-corrected chi connectivity index (χ1v) is 8.30. The van der Waals surface area contributed by atoms with Crippen LogP contribution < -0.4 is 10.5 Å². The molecule has 21 heavy (non-hydrogen) atoms. The summed E-state index contributed by atoms with van der Waals surface area (Å²) in [7, 11) is -3.70. The van der Waals surface area contributed by atoms with Crippen molar-refractivity contribution in [1.29, 1.82) is 0 Å². The molecule has 1 aromatic carbocycles. The van der Waals surface area contributed by atoms with Crippen LogP contribution in [-0.4, -0.2) is 18.0 Å². The van der Waals surface area contributed by atoms with Crippen molar-refractivity contribution >= 4 is 21.4 Å². The minimum absolute atomic E-state index is 0.0139. The van der Waals surface area contributed by atoms with Gasteiger partial charge in [0.25, 0.3) is 10.0 Å². The third-order valence-electron chi connectivity index (χ3n) is 3.35. The Morgan fingerprint density at radius 2 is 2.05 bits per heavy atom. The number of anilines is 2. The average Bonchev–Trinajstić information content (AvgIpc) is 2.80. The van der Waals surface area contributed by atoms with Gasteiger partial charge in [-0.3, -0.25) is 4.72 Å². The lowest BCUT2D eigenvalue weighted by atomic mass is 10.1. The molecule has 1 aromatic heterocycles. The standard InChI is InChI=1S/C14H20N4O2S/c1-4-11-6-7-12(8-13(11)15)17-21(19,20)14-9-18(5-2)10(3)16-14/h6-9,17H,4-5,15H2,1-3H3. The molecule has 0 aliphatic carbocycles. The number of imidazole rings is 1. The Labute approximate surface area is 125 Å². The topological polar surface area (TPSA) is 90.0 Å². The highest BCUT2D eigenvalue weighted by Crippen LogP contribution is 2.21. The van der Waals surface area contributed by atoms with Crippen molar-refractivity contribution in [2.45, 2.75) is 38.8 Å². The number of hydrogen-bond acceptors (Lipinski definition) is 4. The van der Waals surface area contributed by atoms with Crippen LogP contribution in [0.1, 0.15) is 25.2 Å². The van der Waals surface area contributed by atoms with E-state index in [-0.39, 0.29) is 5.03 Å². The Morgan fingerprint density at radius 3 is 2.57 bits per heavy atom. The van der Waals surface area contributed by atoms with Crippen molar-refractivity contribution in [3.05, 3.63) is 35.8 Å². The van der Waals surface area contributed by atoms with E-state index in [4.69, 9.17) is 5.73 Å². The zero-order valence-corrected chi connectivity index (χ0v) is 13.2. The zero-order chi connectivity index (χ0) is 15.6. The quantitative estimate of drug-likeness (QED) is 0.828. The molecule has 0 bridgehead atoms. The predicted octanol–water partition coefficient (Wildman–Crippen LogP) is 2.16. The summed E-state index contributed by atoms with van der Waals surface area (Å²) < 4.78 is 28.9. The van der Waals surface area contributed by atoms with Gasteiger partial charge < -0.3 is 10.3 Å². The van der Waals surface area contributed by atoms with Gasteiger partial charge in [-0.1, -0.05) is 13.0 Å². The molecule has 0 saturated carbocycles.